The molecule has 0 saturated carbocycles. The highest BCUT2D eigenvalue weighted by molar-refractivity contribution is 5.97. The van der Waals surface area contributed by atoms with Gasteiger partial charge in [0.2, 0.25) is 0 Å². The van der Waals surface area contributed by atoms with Gasteiger partial charge in [-0.05, 0) is 53.3 Å². The van der Waals surface area contributed by atoms with Gasteiger partial charge >= 0.3 is 0 Å². The Labute approximate surface area is 190 Å². The highest BCUT2D eigenvalue weighted by atomic mass is 16.5. The minimum atomic E-state index is -0.376. The van der Waals surface area contributed by atoms with E-state index >= 15 is 0 Å². The molecule has 2 N–H and O–H groups in total. The Morgan fingerprint density at radius 1 is 1.03 bits per heavy atom. The molecule has 164 valence electrons. The molecule has 2 aliphatic rings. The fraction of sp³-hybridized carbons (Fsp3) is 0.240. The summed E-state index contributed by atoms with van der Waals surface area (Å²) in [4.78, 5) is 33.5. The number of nitriles is 1. The zero-order valence-electron chi connectivity index (χ0n) is 17.8. The second-order valence-electron chi connectivity index (χ2n) is 8.10. The first-order chi connectivity index (χ1) is 16.1. The maximum Gasteiger partial charge on any atom is 0.270 e. The van der Waals surface area contributed by atoms with E-state index in [2.05, 4.69) is 26.7 Å². The van der Waals surface area contributed by atoms with Crippen molar-refractivity contribution in [3.05, 3.63) is 88.0 Å². The Morgan fingerprint density at radius 3 is 2.73 bits per heavy atom. The number of rotatable bonds is 5. The molecule has 2 aromatic carbocycles. The normalized spacial score (nSPS) is 15.7. The van der Waals surface area contributed by atoms with E-state index in [0.717, 1.165) is 47.3 Å². The summed E-state index contributed by atoms with van der Waals surface area (Å²) in [6, 6.07) is 14.7. The fourth-order valence-electron chi connectivity index (χ4n) is 4.30. The summed E-state index contributed by atoms with van der Waals surface area (Å²) in [5.41, 5.74) is 5.06. The molecular formula is C25H21N5O3. The van der Waals surface area contributed by atoms with Gasteiger partial charge in [0.1, 0.15) is 23.5 Å². The molecule has 1 aromatic heterocycles. The Kier molecular flexibility index (Phi) is 5.45. The first kappa shape index (κ1) is 20.6. The van der Waals surface area contributed by atoms with E-state index in [1.54, 1.807) is 6.07 Å². The molecule has 0 fully saturated rings. The molecule has 2 heterocycles. The van der Waals surface area contributed by atoms with Gasteiger partial charge in [-0.1, -0.05) is 18.2 Å². The molecule has 5 rings (SSSR count). The molecule has 8 nitrogen and oxygen atoms in total. The molecule has 1 aliphatic carbocycles. The topological polar surface area (TPSA) is 117 Å². The van der Waals surface area contributed by atoms with Crippen LogP contribution in [0.25, 0.3) is 0 Å². The van der Waals surface area contributed by atoms with Crippen LogP contribution in [-0.4, -0.2) is 28.4 Å². The van der Waals surface area contributed by atoms with Gasteiger partial charge in [-0.25, -0.2) is 9.97 Å². The number of benzene rings is 2. The lowest BCUT2D eigenvalue weighted by molar-refractivity contribution is 0.0931. The van der Waals surface area contributed by atoms with E-state index in [1.807, 2.05) is 30.3 Å². The summed E-state index contributed by atoms with van der Waals surface area (Å²) in [5.74, 6) is 0.151. The second-order valence-corrected chi connectivity index (χ2v) is 8.10. The number of amides is 2. The van der Waals surface area contributed by atoms with Crippen molar-refractivity contribution in [2.45, 2.75) is 31.8 Å². The van der Waals surface area contributed by atoms with E-state index < -0.39 is 0 Å². The van der Waals surface area contributed by atoms with Gasteiger partial charge in [0, 0.05) is 19.0 Å². The van der Waals surface area contributed by atoms with Crippen molar-refractivity contribution in [2.24, 2.45) is 0 Å². The predicted octanol–water partition coefficient (Wildman–Crippen LogP) is 2.63. The van der Waals surface area contributed by atoms with Crippen LogP contribution < -0.4 is 15.4 Å². The maximum atomic E-state index is 12.8. The quantitative estimate of drug-likeness (QED) is 0.631. The van der Waals surface area contributed by atoms with Gasteiger partial charge < -0.3 is 15.4 Å². The Hall–Kier alpha value is -4.25. The average Bonchev–Trinajstić information content (AvgIpc) is 3.48. The Balaban J connectivity index is 1.23. The minimum Gasteiger partial charge on any atom is -0.493 e. The van der Waals surface area contributed by atoms with E-state index in [4.69, 9.17) is 10.00 Å². The lowest BCUT2D eigenvalue weighted by Gasteiger charge is -2.14. The first-order valence-electron chi connectivity index (χ1n) is 10.8. The molecule has 1 atom stereocenters. The van der Waals surface area contributed by atoms with Crippen LogP contribution in [0.5, 0.6) is 5.75 Å². The van der Waals surface area contributed by atoms with Gasteiger partial charge in [0.15, 0.2) is 0 Å². The van der Waals surface area contributed by atoms with E-state index in [-0.39, 0.29) is 29.2 Å². The molecule has 0 saturated heterocycles. The van der Waals surface area contributed by atoms with Crippen molar-refractivity contribution in [1.29, 1.82) is 5.26 Å². The average molecular weight is 439 g/mol. The van der Waals surface area contributed by atoms with E-state index in [1.165, 1.54) is 12.4 Å². The minimum absolute atomic E-state index is 0.130. The van der Waals surface area contributed by atoms with Gasteiger partial charge in [-0.3, -0.25) is 9.59 Å². The monoisotopic (exact) mass is 439 g/mol. The van der Waals surface area contributed by atoms with Crippen LogP contribution >= 0.6 is 0 Å². The van der Waals surface area contributed by atoms with Crippen LogP contribution in [0, 0.1) is 11.3 Å². The summed E-state index contributed by atoms with van der Waals surface area (Å²) >= 11 is 0. The third-order valence-corrected chi connectivity index (χ3v) is 5.99. The molecule has 3 aromatic rings. The van der Waals surface area contributed by atoms with Crippen molar-refractivity contribution in [2.75, 3.05) is 6.61 Å². The van der Waals surface area contributed by atoms with Crippen molar-refractivity contribution < 1.29 is 14.3 Å². The number of ether oxygens (including phenoxy) is 1. The smallest absolute Gasteiger partial charge is 0.270 e. The van der Waals surface area contributed by atoms with Crippen molar-refractivity contribution in [3.8, 4) is 11.8 Å². The molecule has 2 amide bonds. The van der Waals surface area contributed by atoms with Crippen LogP contribution in [-0.2, 0) is 19.4 Å². The molecule has 1 aliphatic heterocycles. The van der Waals surface area contributed by atoms with Crippen LogP contribution in [0.15, 0.2) is 48.8 Å². The number of fused-ring (bicyclic) bond motifs is 2. The van der Waals surface area contributed by atoms with Gasteiger partial charge in [-0.2, -0.15) is 5.26 Å². The molecular weight excluding hydrogens is 418 g/mol. The number of aryl methyl sites for hydroxylation is 1. The first-order valence-corrected chi connectivity index (χ1v) is 10.8. The lowest BCUT2D eigenvalue weighted by Crippen LogP contribution is -2.29. The van der Waals surface area contributed by atoms with Crippen LogP contribution in [0.4, 0.5) is 0 Å². The third kappa shape index (κ3) is 4.26. The molecule has 33 heavy (non-hydrogen) atoms. The SMILES string of the molecule is N#Cc1ccc2c(c1)CC[C@H]2NC(=O)c1cc(C(=O)NCc2ccc3c(c2)CCO3)ncn1. The number of hydrogen-bond donors (Lipinski definition) is 2. The number of aromatic nitrogens is 2. The van der Waals surface area contributed by atoms with Gasteiger partial charge in [0.25, 0.3) is 11.8 Å². The number of nitrogens with zero attached hydrogens (tertiary/aromatic N) is 3. The zero-order valence-corrected chi connectivity index (χ0v) is 17.8. The summed E-state index contributed by atoms with van der Waals surface area (Å²) < 4.78 is 5.51. The van der Waals surface area contributed by atoms with Crippen LogP contribution in [0.1, 0.15) is 61.3 Å². The molecule has 0 radical (unpaired) electrons. The van der Waals surface area contributed by atoms with E-state index in [0.29, 0.717) is 18.7 Å². The predicted molar refractivity (Wildman–Crippen MR) is 119 cm³/mol. The Bertz CT molecular complexity index is 1300. The van der Waals surface area contributed by atoms with Crippen molar-refractivity contribution in [3.63, 3.8) is 0 Å². The molecule has 0 spiro atoms. The van der Waals surface area contributed by atoms with Crippen LogP contribution in [0.2, 0.25) is 0 Å². The fourth-order valence-corrected chi connectivity index (χ4v) is 4.30. The van der Waals surface area contributed by atoms with Crippen molar-refractivity contribution >= 4 is 11.8 Å². The highest BCUT2D eigenvalue weighted by Gasteiger charge is 2.25. The van der Waals surface area contributed by atoms with Crippen molar-refractivity contribution in [1.82, 2.24) is 20.6 Å². The summed E-state index contributed by atoms with van der Waals surface area (Å²) in [6.45, 7) is 1.03. The number of carbonyl (C=O) groups excluding carboxylic acids is 2. The summed E-state index contributed by atoms with van der Waals surface area (Å²) in [7, 11) is 0. The summed E-state index contributed by atoms with van der Waals surface area (Å²) in [5, 5.41) is 14.9. The van der Waals surface area contributed by atoms with Gasteiger partial charge in [-0.15, -0.1) is 0 Å². The zero-order chi connectivity index (χ0) is 22.8. The Morgan fingerprint density at radius 2 is 1.88 bits per heavy atom. The number of carbonyl (C=O) groups is 2. The lowest BCUT2D eigenvalue weighted by atomic mass is 10.1. The molecule has 0 unspecified atom stereocenters. The van der Waals surface area contributed by atoms with E-state index in [9.17, 15) is 9.59 Å². The third-order valence-electron chi connectivity index (χ3n) is 5.99. The largest absolute Gasteiger partial charge is 0.493 e. The second kappa shape index (κ2) is 8.71. The maximum absolute atomic E-state index is 12.8. The molecule has 0 bridgehead atoms. The highest BCUT2D eigenvalue weighted by Crippen LogP contribution is 2.32. The van der Waals surface area contributed by atoms with Gasteiger partial charge in [0.05, 0.1) is 24.3 Å². The standard InChI is InChI=1S/C25H21N5O3/c26-12-15-1-4-19-17(9-15)3-5-20(19)30-25(32)22-11-21(28-14-29-22)24(31)27-13-16-2-6-23-18(10-16)7-8-33-23/h1-2,4,6,9-11,14,20H,3,5,7-8,13H2,(H,27,31)(H,30,32)/t20-/m1/s1. The number of hydrogen-bond acceptors (Lipinski definition) is 6. The number of nitrogens with one attached hydrogen (secondary N) is 2. The van der Waals surface area contributed by atoms with Crippen LogP contribution in [0.3, 0.4) is 0 Å². The molecule has 8 heteroatoms. The summed E-state index contributed by atoms with van der Waals surface area (Å²) in [6.07, 6.45) is 3.63.